The second-order valence-corrected chi connectivity index (χ2v) is 9.37. The van der Waals surface area contributed by atoms with Gasteiger partial charge in [0, 0.05) is 23.2 Å². The lowest BCUT2D eigenvalue weighted by Crippen LogP contribution is -2.26. The van der Waals surface area contributed by atoms with Crippen LogP contribution in [-0.2, 0) is 20.4 Å². The Hall–Kier alpha value is -2.43. The molecule has 158 valence electrons. The molecule has 0 saturated heterocycles. The summed E-state index contributed by atoms with van der Waals surface area (Å²) in [5.41, 5.74) is 0.680. The smallest absolute Gasteiger partial charge is 0.232 e. The van der Waals surface area contributed by atoms with E-state index in [1.165, 1.54) is 42.7 Å². The summed E-state index contributed by atoms with van der Waals surface area (Å²) < 4.78 is 35.8. The average Bonchev–Trinajstić information content (AvgIpc) is 3.23. The van der Waals surface area contributed by atoms with Gasteiger partial charge in [0.15, 0.2) is 9.84 Å². The van der Waals surface area contributed by atoms with E-state index in [-0.39, 0.29) is 34.5 Å². The van der Waals surface area contributed by atoms with E-state index >= 15 is 0 Å². The molecule has 8 nitrogen and oxygen atoms in total. The van der Waals surface area contributed by atoms with Crippen molar-refractivity contribution < 1.29 is 22.5 Å². The molecule has 0 radical (unpaired) electrons. The number of sulfone groups is 1. The fraction of sp³-hybridized carbons (Fsp3) is 0.211. The SMILES string of the molecule is CCC(=O)N(c1ccc(S(=O)(=O)Cc2ccon2)cn1)c1cc(Cl)c(Br)cc1OC. The monoisotopic (exact) mass is 513 g/mol. The largest absolute Gasteiger partial charge is 0.495 e. The standard InChI is InChI=1S/C19H17BrClN3O5S/c1-3-19(25)24(16-9-15(21)14(20)8-17(16)28-2)18-5-4-13(10-22-18)30(26,27)11-12-6-7-29-23-12/h4-10H,3,11H2,1-2H3. The van der Waals surface area contributed by atoms with Gasteiger partial charge < -0.3 is 9.26 Å². The maximum atomic E-state index is 12.7. The van der Waals surface area contributed by atoms with E-state index in [0.29, 0.717) is 20.9 Å². The molecule has 2 heterocycles. The number of rotatable bonds is 7. The molecule has 1 aromatic carbocycles. The highest BCUT2D eigenvalue weighted by molar-refractivity contribution is 9.10. The van der Waals surface area contributed by atoms with Crippen LogP contribution in [0.2, 0.25) is 5.02 Å². The lowest BCUT2D eigenvalue weighted by Gasteiger charge is -2.24. The van der Waals surface area contributed by atoms with Gasteiger partial charge in [0.05, 0.1) is 28.4 Å². The molecule has 0 spiro atoms. The van der Waals surface area contributed by atoms with E-state index in [1.54, 1.807) is 19.1 Å². The van der Waals surface area contributed by atoms with Gasteiger partial charge >= 0.3 is 0 Å². The number of anilines is 2. The normalized spacial score (nSPS) is 11.3. The van der Waals surface area contributed by atoms with Crippen LogP contribution in [0.4, 0.5) is 11.5 Å². The number of methoxy groups -OCH3 is 1. The number of hydrogen-bond donors (Lipinski definition) is 0. The van der Waals surface area contributed by atoms with Gasteiger partial charge in [0.25, 0.3) is 0 Å². The van der Waals surface area contributed by atoms with Crippen LogP contribution in [0.3, 0.4) is 0 Å². The fourth-order valence-electron chi connectivity index (χ4n) is 2.68. The highest BCUT2D eigenvalue weighted by Crippen LogP contribution is 2.39. The predicted octanol–water partition coefficient (Wildman–Crippen LogP) is 4.54. The summed E-state index contributed by atoms with van der Waals surface area (Å²) in [6, 6.07) is 7.54. The maximum absolute atomic E-state index is 12.7. The lowest BCUT2D eigenvalue weighted by molar-refractivity contribution is -0.117. The first kappa shape index (κ1) is 22.3. The Balaban J connectivity index is 2.01. The lowest BCUT2D eigenvalue weighted by atomic mass is 10.2. The molecule has 0 aliphatic heterocycles. The molecule has 3 rings (SSSR count). The number of carbonyl (C=O) groups is 1. The molecule has 0 N–H and O–H groups in total. The van der Waals surface area contributed by atoms with E-state index in [4.69, 9.17) is 16.3 Å². The zero-order chi connectivity index (χ0) is 21.9. The predicted molar refractivity (Wildman–Crippen MR) is 115 cm³/mol. The van der Waals surface area contributed by atoms with Gasteiger partial charge in [0.2, 0.25) is 5.91 Å². The van der Waals surface area contributed by atoms with Crippen molar-refractivity contribution >= 4 is 54.8 Å². The molecular formula is C19H17BrClN3O5S. The number of pyridine rings is 1. The zero-order valence-electron chi connectivity index (χ0n) is 16.0. The molecule has 2 aromatic heterocycles. The molecule has 0 saturated carbocycles. The third-order valence-electron chi connectivity index (χ3n) is 4.15. The second kappa shape index (κ2) is 9.15. The van der Waals surface area contributed by atoms with Crippen molar-refractivity contribution in [2.75, 3.05) is 12.0 Å². The van der Waals surface area contributed by atoms with Crippen LogP contribution < -0.4 is 9.64 Å². The topological polar surface area (TPSA) is 103 Å². The van der Waals surface area contributed by atoms with Gasteiger partial charge in [-0.05, 0) is 40.2 Å². The summed E-state index contributed by atoms with van der Waals surface area (Å²) >= 11 is 9.55. The summed E-state index contributed by atoms with van der Waals surface area (Å²) in [5.74, 6) is 0.0482. The molecule has 0 bridgehead atoms. The third-order valence-corrected chi connectivity index (χ3v) is 6.99. The number of carbonyl (C=O) groups excluding carboxylic acids is 1. The Morgan fingerprint density at radius 1 is 1.30 bits per heavy atom. The first-order valence-corrected chi connectivity index (χ1v) is 11.5. The van der Waals surface area contributed by atoms with Gasteiger partial charge in [-0.15, -0.1) is 0 Å². The Morgan fingerprint density at radius 2 is 2.07 bits per heavy atom. The zero-order valence-corrected chi connectivity index (χ0v) is 19.2. The highest BCUT2D eigenvalue weighted by atomic mass is 79.9. The summed E-state index contributed by atoms with van der Waals surface area (Å²) in [6.45, 7) is 1.71. The molecule has 0 aliphatic carbocycles. The first-order valence-electron chi connectivity index (χ1n) is 8.71. The van der Waals surface area contributed by atoms with Crippen molar-refractivity contribution in [1.29, 1.82) is 0 Å². The van der Waals surface area contributed by atoms with Gasteiger partial charge in [-0.25, -0.2) is 13.4 Å². The van der Waals surface area contributed by atoms with Crippen molar-refractivity contribution in [1.82, 2.24) is 10.1 Å². The van der Waals surface area contributed by atoms with Crippen molar-refractivity contribution in [3.8, 4) is 5.75 Å². The van der Waals surface area contributed by atoms with E-state index in [1.807, 2.05) is 0 Å². The van der Waals surface area contributed by atoms with Gasteiger partial charge in [-0.2, -0.15) is 0 Å². The highest BCUT2D eigenvalue weighted by Gasteiger charge is 2.24. The Kier molecular flexibility index (Phi) is 6.79. The van der Waals surface area contributed by atoms with E-state index < -0.39 is 9.84 Å². The van der Waals surface area contributed by atoms with Crippen molar-refractivity contribution in [3.63, 3.8) is 0 Å². The molecule has 0 aliphatic rings. The number of ether oxygens (including phenoxy) is 1. The maximum Gasteiger partial charge on any atom is 0.232 e. The molecule has 0 atom stereocenters. The summed E-state index contributed by atoms with van der Waals surface area (Å²) in [7, 11) is -2.21. The minimum absolute atomic E-state index is 0.000971. The Labute approximate surface area is 186 Å². The Bertz CT molecular complexity index is 1150. The summed E-state index contributed by atoms with van der Waals surface area (Å²) in [4.78, 5) is 18.3. The number of benzene rings is 1. The molecule has 11 heteroatoms. The average molecular weight is 515 g/mol. The number of halogens is 2. The molecule has 30 heavy (non-hydrogen) atoms. The van der Waals surface area contributed by atoms with E-state index in [2.05, 4.69) is 30.6 Å². The van der Waals surface area contributed by atoms with Gasteiger partial charge in [-0.1, -0.05) is 23.7 Å². The van der Waals surface area contributed by atoms with Crippen LogP contribution in [0.5, 0.6) is 5.75 Å². The van der Waals surface area contributed by atoms with Crippen LogP contribution in [0.15, 0.2) is 56.7 Å². The van der Waals surface area contributed by atoms with Crippen LogP contribution in [0.25, 0.3) is 0 Å². The minimum atomic E-state index is -3.68. The molecule has 0 unspecified atom stereocenters. The molecule has 1 amide bonds. The van der Waals surface area contributed by atoms with Gasteiger partial charge in [0.1, 0.15) is 23.6 Å². The van der Waals surface area contributed by atoms with Gasteiger partial charge in [-0.3, -0.25) is 9.69 Å². The van der Waals surface area contributed by atoms with Crippen LogP contribution in [-0.4, -0.2) is 31.6 Å². The molecular weight excluding hydrogens is 498 g/mol. The fourth-order valence-corrected chi connectivity index (χ4v) is 4.35. The first-order chi connectivity index (χ1) is 14.3. The third kappa shape index (κ3) is 4.66. The second-order valence-electron chi connectivity index (χ2n) is 6.12. The molecule has 0 fully saturated rings. The van der Waals surface area contributed by atoms with E-state index in [9.17, 15) is 13.2 Å². The van der Waals surface area contributed by atoms with Crippen LogP contribution >= 0.6 is 27.5 Å². The van der Waals surface area contributed by atoms with Crippen LogP contribution in [0, 0.1) is 0 Å². The minimum Gasteiger partial charge on any atom is -0.495 e. The number of hydrogen-bond acceptors (Lipinski definition) is 7. The summed E-state index contributed by atoms with van der Waals surface area (Å²) in [6.07, 6.45) is 2.69. The Morgan fingerprint density at radius 3 is 2.63 bits per heavy atom. The number of nitrogens with zero attached hydrogens (tertiary/aromatic N) is 3. The number of aromatic nitrogens is 2. The van der Waals surface area contributed by atoms with E-state index in [0.717, 1.165) is 0 Å². The number of amides is 1. The molecule has 3 aromatic rings. The van der Waals surface area contributed by atoms with Crippen molar-refractivity contribution in [3.05, 3.63) is 58.0 Å². The van der Waals surface area contributed by atoms with Crippen LogP contribution in [0.1, 0.15) is 19.0 Å². The quantitative estimate of drug-likeness (QED) is 0.456. The van der Waals surface area contributed by atoms with Crippen molar-refractivity contribution in [2.45, 2.75) is 24.0 Å². The summed E-state index contributed by atoms with van der Waals surface area (Å²) in [5, 5.41) is 4.00. The van der Waals surface area contributed by atoms with Crippen molar-refractivity contribution in [2.24, 2.45) is 0 Å².